The van der Waals surface area contributed by atoms with Gasteiger partial charge in [0.15, 0.2) is 5.82 Å². The number of amides is 1. The summed E-state index contributed by atoms with van der Waals surface area (Å²) in [6.45, 7) is 4.85. The van der Waals surface area contributed by atoms with E-state index in [0.29, 0.717) is 29.1 Å². The minimum atomic E-state index is -0.222. The molecule has 1 amide bonds. The van der Waals surface area contributed by atoms with Crippen LogP contribution < -0.4 is 10.9 Å². The fourth-order valence-corrected chi connectivity index (χ4v) is 5.14. The second-order valence-corrected chi connectivity index (χ2v) is 9.63. The Morgan fingerprint density at radius 3 is 2.82 bits per heavy atom. The number of aryl methyl sites for hydroxylation is 1. The molecule has 2 atom stereocenters. The van der Waals surface area contributed by atoms with Crippen molar-refractivity contribution in [3.8, 4) is 6.07 Å². The van der Waals surface area contributed by atoms with Gasteiger partial charge in [-0.3, -0.25) is 14.3 Å². The van der Waals surface area contributed by atoms with Crippen LogP contribution >= 0.6 is 0 Å². The van der Waals surface area contributed by atoms with Crippen LogP contribution in [0.5, 0.6) is 0 Å². The normalized spacial score (nSPS) is 19.1. The summed E-state index contributed by atoms with van der Waals surface area (Å²) < 4.78 is 1.84. The molecule has 2 N–H and O–H groups in total. The van der Waals surface area contributed by atoms with Crippen molar-refractivity contribution in [2.75, 3.05) is 11.9 Å². The number of pyridine rings is 1. The smallest absolute Gasteiger partial charge is 0.261 e. The molecule has 0 radical (unpaired) electrons. The molecule has 2 fully saturated rings. The molecule has 0 bridgehead atoms. The van der Waals surface area contributed by atoms with Gasteiger partial charge in [0.05, 0.1) is 24.0 Å². The number of nitrogens with zero attached hydrogens (tertiary/aromatic N) is 4. The number of likely N-dealkylation sites (tertiary alicyclic amines) is 1. The summed E-state index contributed by atoms with van der Waals surface area (Å²) in [4.78, 5) is 30.6. The van der Waals surface area contributed by atoms with Crippen LogP contribution in [0.1, 0.15) is 67.4 Å². The van der Waals surface area contributed by atoms with Crippen LogP contribution in [0.2, 0.25) is 0 Å². The first-order valence-corrected chi connectivity index (χ1v) is 12.1. The standard InChI is InChI=1S/C26H30N6O2/c1-16-15-19(8-9-20(16)26(34)31-14-4-3-5-17(31)2)29-24-23-22(11-13-28-25(23)33)32(30-24)21(10-12-27)18-6-7-18/h8-9,11,13,15,17-18,21H,3-7,10,14H2,1-2H3,(H,28,33)(H,29,30). The maximum Gasteiger partial charge on any atom is 0.261 e. The number of aromatic nitrogens is 3. The van der Waals surface area contributed by atoms with Crippen LogP contribution in [0.3, 0.4) is 0 Å². The van der Waals surface area contributed by atoms with Crippen molar-refractivity contribution >= 4 is 28.3 Å². The lowest BCUT2D eigenvalue weighted by molar-refractivity contribution is 0.0635. The summed E-state index contributed by atoms with van der Waals surface area (Å²) in [5.41, 5.74) is 2.85. The molecule has 8 nitrogen and oxygen atoms in total. The number of H-pyrrole nitrogens is 1. The third-order valence-electron chi connectivity index (χ3n) is 7.19. The van der Waals surface area contributed by atoms with Gasteiger partial charge in [-0.05, 0) is 81.7 Å². The highest BCUT2D eigenvalue weighted by atomic mass is 16.2. The Hall–Kier alpha value is -3.60. The Labute approximate surface area is 198 Å². The summed E-state index contributed by atoms with van der Waals surface area (Å²) in [7, 11) is 0. The second-order valence-electron chi connectivity index (χ2n) is 9.63. The summed E-state index contributed by atoms with van der Waals surface area (Å²) in [5, 5.41) is 17.9. The van der Waals surface area contributed by atoms with E-state index in [2.05, 4.69) is 23.3 Å². The van der Waals surface area contributed by atoms with Crippen LogP contribution in [0, 0.1) is 24.2 Å². The quantitative estimate of drug-likeness (QED) is 0.559. The molecule has 8 heteroatoms. The highest BCUT2D eigenvalue weighted by Gasteiger charge is 2.34. The van der Waals surface area contributed by atoms with Gasteiger partial charge in [-0.15, -0.1) is 0 Å². The summed E-state index contributed by atoms with van der Waals surface area (Å²) in [6.07, 6.45) is 7.39. The average molecular weight is 459 g/mol. The molecule has 2 aliphatic rings. The molecule has 1 aromatic carbocycles. The first-order valence-electron chi connectivity index (χ1n) is 12.1. The van der Waals surface area contributed by atoms with E-state index >= 15 is 0 Å². The van der Waals surface area contributed by atoms with Crippen molar-refractivity contribution < 1.29 is 4.79 Å². The van der Waals surface area contributed by atoms with Gasteiger partial charge in [0.25, 0.3) is 11.5 Å². The van der Waals surface area contributed by atoms with Gasteiger partial charge in [-0.1, -0.05) is 0 Å². The fourth-order valence-electron chi connectivity index (χ4n) is 5.14. The molecule has 1 aliphatic heterocycles. The van der Waals surface area contributed by atoms with Gasteiger partial charge in [0, 0.05) is 30.0 Å². The number of anilines is 2. The number of hydrogen-bond donors (Lipinski definition) is 2. The molecule has 34 heavy (non-hydrogen) atoms. The van der Waals surface area contributed by atoms with E-state index in [9.17, 15) is 14.9 Å². The monoisotopic (exact) mass is 458 g/mol. The zero-order chi connectivity index (χ0) is 23.8. The van der Waals surface area contributed by atoms with E-state index in [1.165, 1.54) is 6.42 Å². The molecule has 1 aliphatic carbocycles. The largest absolute Gasteiger partial charge is 0.338 e. The van der Waals surface area contributed by atoms with Gasteiger partial charge in [-0.25, -0.2) is 0 Å². The van der Waals surface area contributed by atoms with Crippen LogP contribution in [-0.4, -0.2) is 38.2 Å². The van der Waals surface area contributed by atoms with Crippen molar-refractivity contribution in [3.63, 3.8) is 0 Å². The summed E-state index contributed by atoms with van der Waals surface area (Å²) in [6, 6.07) is 9.98. The predicted octanol–water partition coefficient (Wildman–Crippen LogP) is 4.66. The Morgan fingerprint density at radius 1 is 1.29 bits per heavy atom. The lowest BCUT2D eigenvalue weighted by Crippen LogP contribution is -2.42. The zero-order valence-corrected chi connectivity index (χ0v) is 19.7. The number of nitrogens with one attached hydrogen (secondary N) is 2. The molecule has 5 rings (SSSR count). The van der Waals surface area contributed by atoms with Gasteiger partial charge in [0.1, 0.15) is 5.39 Å². The minimum Gasteiger partial charge on any atom is -0.338 e. The van der Waals surface area contributed by atoms with E-state index in [0.717, 1.165) is 49.0 Å². The minimum absolute atomic E-state index is 0.0434. The van der Waals surface area contributed by atoms with Crippen LogP contribution in [-0.2, 0) is 0 Å². The van der Waals surface area contributed by atoms with Gasteiger partial charge < -0.3 is 15.2 Å². The molecule has 3 aromatic rings. The van der Waals surface area contributed by atoms with Gasteiger partial charge in [-0.2, -0.15) is 10.4 Å². The number of aromatic amines is 1. The first kappa shape index (κ1) is 22.2. The molecule has 2 unspecified atom stereocenters. The Balaban J connectivity index is 1.47. The van der Waals surface area contributed by atoms with Crippen molar-refractivity contribution in [1.82, 2.24) is 19.7 Å². The summed E-state index contributed by atoms with van der Waals surface area (Å²) in [5.74, 6) is 0.953. The third-order valence-corrected chi connectivity index (χ3v) is 7.19. The average Bonchev–Trinajstić information content (AvgIpc) is 3.60. The maximum absolute atomic E-state index is 13.1. The Bertz CT molecular complexity index is 1330. The number of fused-ring (bicyclic) bond motifs is 1. The second kappa shape index (κ2) is 8.98. The number of carbonyl (C=O) groups is 1. The lowest BCUT2D eigenvalue weighted by Gasteiger charge is -2.33. The highest BCUT2D eigenvalue weighted by molar-refractivity contribution is 5.97. The zero-order valence-electron chi connectivity index (χ0n) is 19.7. The van der Waals surface area contributed by atoms with Gasteiger partial charge >= 0.3 is 0 Å². The molecule has 2 aromatic heterocycles. The van der Waals surface area contributed by atoms with E-state index in [1.807, 2.05) is 40.8 Å². The molecule has 1 saturated carbocycles. The number of hydrogen-bond acceptors (Lipinski definition) is 5. The highest BCUT2D eigenvalue weighted by Crippen LogP contribution is 2.43. The van der Waals surface area contributed by atoms with Gasteiger partial charge in [0.2, 0.25) is 0 Å². The van der Waals surface area contributed by atoms with Crippen molar-refractivity contribution in [2.24, 2.45) is 5.92 Å². The molecular weight excluding hydrogens is 428 g/mol. The van der Waals surface area contributed by atoms with Crippen molar-refractivity contribution in [2.45, 2.75) is 64.5 Å². The van der Waals surface area contributed by atoms with Crippen LogP contribution in [0.15, 0.2) is 35.3 Å². The lowest BCUT2D eigenvalue weighted by atomic mass is 10.0. The van der Waals surface area contributed by atoms with Crippen molar-refractivity contribution in [1.29, 1.82) is 5.26 Å². The van der Waals surface area contributed by atoms with E-state index in [1.54, 1.807) is 6.20 Å². The maximum atomic E-state index is 13.1. The fraction of sp³-hybridized carbons (Fsp3) is 0.462. The molecular formula is C26H30N6O2. The third kappa shape index (κ3) is 4.07. The number of carbonyl (C=O) groups excluding carboxylic acids is 1. The molecule has 1 saturated heterocycles. The number of nitriles is 1. The van der Waals surface area contributed by atoms with Crippen LogP contribution in [0.25, 0.3) is 10.9 Å². The van der Waals surface area contributed by atoms with E-state index < -0.39 is 0 Å². The summed E-state index contributed by atoms with van der Waals surface area (Å²) >= 11 is 0. The number of benzene rings is 1. The van der Waals surface area contributed by atoms with Crippen molar-refractivity contribution in [3.05, 3.63) is 51.9 Å². The Kier molecular flexibility index (Phi) is 5.86. The van der Waals surface area contributed by atoms with E-state index in [-0.39, 0.29) is 23.6 Å². The number of piperidine rings is 1. The number of rotatable bonds is 6. The molecule has 3 heterocycles. The van der Waals surface area contributed by atoms with Crippen LogP contribution in [0.4, 0.5) is 11.5 Å². The Morgan fingerprint density at radius 2 is 2.12 bits per heavy atom. The first-order chi connectivity index (χ1) is 16.5. The SMILES string of the molecule is Cc1cc(Nc2nn(C(CC#N)C3CC3)c3cc[nH]c(=O)c23)ccc1C(=O)N1CCCCC1C. The topological polar surface area (TPSA) is 107 Å². The van der Waals surface area contributed by atoms with E-state index in [4.69, 9.17) is 5.10 Å². The molecule has 176 valence electrons. The molecule has 0 spiro atoms. The predicted molar refractivity (Wildman–Crippen MR) is 131 cm³/mol.